The van der Waals surface area contributed by atoms with Crippen LogP contribution in [-0.4, -0.2) is 24.3 Å². The molecule has 0 saturated carbocycles. The Morgan fingerprint density at radius 3 is 3.08 bits per heavy atom. The van der Waals surface area contributed by atoms with Crippen molar-refractivity contribution in [2.24, 2.45) is 0 Å². The minimum absolute atomic E-state index is 0.349. The van der Waals surface area contributed by atoms with Crippen molar-refractivity contribution in [3.05, 3.63) is 26.9 Å². The van der Waals surface area contributed by atoms with E-state index in [0.29, 0.717) is 6.54 Å². The van der Waals surface area contributed by atoms with Gasteiger partial charge in [-0.05, 0) is 39.0 Å². The predicted molar refractivity (Wildman–Crippen MR) is 58.9 cm³/mol. The third kappa shape index (κ3) is 2.02. The SMILES string of the molecule is OC1C=C(c2sccc2Br)CNC1. The molecule has 1 aliphatic heterocycles. The smallest absolute Gasteiger partial charge is 0.0852 e. The van der Waals surface area contributed by atoms with Gasteiger partial charge in [-0.1, -0.05) is 0 Å². The van der Waals surface area contributed by atoms with E-state index >= 15 is 0 Å². The molecule has 1 aromatic rings. The van der Waals surface area contributed by atoms with Crippen LogP contribution in [0.1, 0.15) is 4.88 Å². The Kier molecular flexibility index (Phi) is 2.83. The van der Waals surface area contributed by atoms with Crippen molar-refractivity contribution >= 4 is 32.8 Å². The molecule has 0 bridgehead atoms. The molecule has 70 valence electrons. The Balaban J connectivity index is 2.30. The van der Waals surface area contributed by atoms with Crippen LogP contribution >= 0.6 is 27.3 Å². The van der Waals surface area contributed by atoms with Gasteiger partial charge in [0.15, 0.2) is 0 Å². The molecule has 1 aliphatic rings. The molecule has 4 heteroatoms. The Hall–Kier alpha value is -0.160. The van der Waals surface area contributed by atoms with E-state index in [4.69, 9.17) is 0 Å². The van der Waals surface area contributed by atoms with Gasteiger partial charge in [0.1, 0.15) is 0 Å². The van der Waals surface area contributed by atoms with Gasteiger partial charge in [-0.15, -0.1) is 11.3 Å². The van der Waals surface area contributed by atoms with Crippen molar-refractivity contribution in [2.45, 2.75) is 6.10 Å². The van der Waals surface area contributed by atoms with Crippen LogP contribution in [0.25, 0.3) is 5.57 Å². The first-order valence-corrected chi connectivity index (χ1v) is 5.77. The van der Waals surface area contributed by atoms with Crippen LogP contribution in [0.15, 0.2) is 22.0 Å². The molecule has 0 radical (unpaired) electrons. The van der Waals surface area contributed by atoms with E-state index in [2.05, 4.69) is 21.2 Å². The van der Waals surface area contributed by atoms with Gasteiger partial charge in [-0.3, -0.25) is 0 Å². The molecule has 0 aliphatic carbocycles. The third-order valence-electron chi connectivity index (χ3n) is 1.97. The quantitative estimate of drug-likeness (QED) is 0.807. The highest BCUT2D eigenvalue weighted by atomic mass is 79.9. The number of aliphatic hydroxyl groups is 1. The van der Waals surface area contributed by atoms with Crippen LogP contribution in [0.4, 0.5) is 0 Å². The first-order chi connectivity index (χ1) is 6.27. The number of thiophene rings is 1. The van der Waals surface area contributed by atoms with E-state index in [1.807, 2.05) is 17.5 Å². The van der Waals surface area contributed by atoms with E-state index in [0.717, 1.165) is 11.0 Å². The van der Waals surface area contributed by atoms with E-state index in [1.54, 1.807) is 11.3 Å². The molecular formula is C9H10BrNOS. The largest absolute Gasteiger partial charge is 0.388 e. The van der Waals surface area contributed by atoms with Gasteiger partial charge in [-0.2, -0.15) is 0 Å². The molecular weight excluding hydrogens is 250 g/mol. The molecule has 1 atom stereocenters. The lowest BCUT2D eigenvalue weighted by atomic mass is 10.1. The first-order valence-electron chi connectivity index (χ1n) is 4.10. The molecule has 2 nitrogen and oxygen atoms in total. The number of hydrogen-bond donors (Lipinski definition) is 2. The van der Waals surface area contributed by atoms with Crippen molar-refractivity contribution in [3.63, 3.8) is 0 Å². The van der Waals surface area contributed by atoms with Crippen molar-refractivity contribution in [3.8, 4) is 0 Å². The molecule has 2 rings (SSSR count). The second kappa shape index (κ2) is 3.92. The van der Waals surface area contributed by atoms with E-state index in [9.17, 15) is 5.11 Å². The van der Waals surface area contributed by atoms with Gasteiger partial charge >= 0.3 is 0 Å². The zero-order valence-corrected chi connectivity index (χ0v) is 9.36. The van der Waals surface area contributed by atoms with Crippen LogP contribution in [0.2, 0.25) is 0 Å². The van der Waals surface area contributed by atoms with Gasteiger partial charge in [-0.25, -0.2) is 0 Å². The number of halogens is 1. The molecule has 0 saturated heterocycles. The third-order valence-corrected chi connectivity index (χ3v) is 3.88. The minimum Gasteiger partial charge on any atom is -0.388 e. The molecule has 13 heavy (non-hydrogen) atoms. The molecule has 1 aromatic heterocycles. The van der Waals surface area contributed by atoms with Crippen LogP contribution < -0.4 is 5.32 Å². The number of rotatable bonds is 1. The maximum atomic E-state index is 9.42. The Morgan fingerprint density at radius 1 is 1.62 bits per heavy atom. The topological polar surface area (TPSA) is 32.3 Å². The Labute approximate surface area is 89.4 Å². The van der Waals surface area contributed by atoms with Crippen LogP contribution in [0, 0.1) is 0 Å². The van der Waals surface area contributed by atoms with Crippen molar-refractivity contribution in [2.75, 3.05) is 13.1 Å². The first kappa shape index (κ1) is 9.40. The summed E-state index contributed by atoms with van der Waals surface area (Å²) in [4.78, 5) is 1.21. The highest BCUT2D eigenvalue weighted by molar-refractivity contribution is 9.10. The number of aliphatic hydroxyl groups excluding tert-OH is 1. The normalized spacial score (nSPS) is 22.9. The summed E-state index contributed by atoms with van der Waals surface area (Å²) in [6.07, 6.45) is 1.57. The van der Waals surface area contributed by atoms with Crippen LogP contribution in [-0.2, 0) is 0 Å². The molecule has 0 amide bonds. The molecule has 0 spiro atoms. The van der Waals surface area contributed by atoms with Gasteiger partial charge in [0.05, 0.1) is 6.10 Å². The summed E-state index contributed by atoms with van der Waals surface area (Å²) in [5, 5.41) is 14.6. The Morgan fingerprint density at radius 2 is 2.46 bits per heavy atom. The fraction of sp³-hybridized carbons (Fsp3) is 0.333. The molecule has 1 unspecified atom stereocenters. The number of nitrogens with one attached hydrogen (secondary N) is 1. The van der Waals surface area contributed by atoms with E-state index < -0.39 is 0 Å². The van der Waals surface area contributed by atoms with Gasteiger partial charge in [0, 0.05) is 22.4 Å². The van der Waals surface area contributed by atoms with Crippen molar-refractivity contribution < 1.29 is 5.11 Å². The summed E-state index contributed by atoms with van der Waals surface area (Å²) in [7, 11) is 0. The second-order valence-corrected chi connectivity index (χ2v) is 4.76. The minimum atomic E-state index is -0.349. The van der Waals surface area contributed by atoms with Crippen molar-refractivity contribution in [1.29, 1.82) is 0 Å². The predicted octanol–water partition coefficient (Wildman–Crippen LogP) is 1.86. The lowest BCUT2D eigenvalue weighted by Gasteiger charge is -2.17. The van der Waals surface area contributed by atoms with E-state index in [-0.39, 0.29) is 6.10 Å². The summed E-state index contributed by atoms with van der Waals surface area (Å²) in [6.45, 7) is 1.50. The summed E-state index contributed by atoms with van der Waals surface area (Å²) in [6, 6.07) is 2.03. The fourth-order valence-corrected chi connectivity index (χ4v) is 3.04. The second-order valence-electron chi connectivity index (χ2n) is 2.99. The lowest BCUT2D eigenvalue weighted by molar-refractivity contribution is 0.217. The summed E-state index contributed by atoms with van der Waals surface area (Å²) >= 11 is 5.17. The average molecular weight is 260 g/mol. The van der Waals surface area contributed by atoms with Crippen molar-refractivity contribution in [1.82, 2.24) is 5.32 Å². The van der Waals surface area contributed by atoms with E-state index in [1.165, 1.54) is 10.5 Å². The van der Waals surface area contributed by atoms with Gasteiger partial charge in [0.2, 0.25) is 0 Å². The average Bonchev–Trinajstić information content (AvgIpc) is 2.51. The zero-order chi connectivity index (χ0) is 9.26. The van der Waals surface area contributed by atoms with Gasteiger partial charge in [0.25, 0.3) is 0 Å². The Bertz CT molecular complexity index is 334. The standard InChI is InChI=1S/C9H10BrNOS/c10-8-1-2-13-9(8)6-3-7(12)5-11-4-6/h1-3,7,11-12H,4-5H2. The van der Waals surface area contributed by atoms with Crippen LogP contribution in [0.5, 0.6) is 0 Å². The molecule has 0 fully saturated rings. The fourth-order valence-electron chi connectivity index (χ4n) is 1.38. The summed E-state index contributed by atoms with van der Waals surface area (Å²) < 4.78 is 1.11. The van der Waals surface area contributed by atoms with Gasteiger partial charge < -0.3 is 10.4 Å². The maximum absolute atomic E-state index is 9.42. The highest BCUT2D eigenvalue weighted by Crippen LogP contribution is 2.30. The molecule has 2 heterocycles. The maximum Gasteiger partial charge on any atom is 0.0852 e. The van der Waals surface area contributed by atoms with Crippen LogP contribution in [0.3, 0.4) is 0 Å². The summed E-state index contributed by atoms with van der Waals surface area (Å²) in [5.74, 6) is 0. The number of hydrogen-bond acceptors (Lipinski definition) is 3. The lowest BCUT2D eigenvalue weighted by Crippen LogP contribution is -2.31. The summed E-state index contributed by atoms with van der Waals surface area (Å²) in [5.41, 5.74) is 1.18. The zero-order valence-electron chi connectivity index (χ0n) is 6.96. The molecule has 0 aromatic carbocycles. The highest BCUT2D eigenvalue weighted by Gasteiger charge is 2.14. The monoisotopic (exact) mass is 259 g/mol. The number of β-amino-alcohol motifs (C(OH)–C–C–N with tert-alkyl or cyclic N) is 1. The molecule has 2 N–H and O–H groups in total.